The van der Waals surface area contributed by atoms with Gasteiger partial charge in [0.15, 0.2) is 0 Å². The van der Waals surface area contributed by atoms with Crippen LogP contribution in [0.3, 0.4) is 0 Å². The Balaban J connectivity index is 0.00000132. The Bertz CT molecular complexity index is 744. The fourth-order valence-electron chi connectivity index (χ4n) is 4.40. The normalized spacial score (nSPS) is 25.8. The van der Waals surface area contributed by atoms with Crippen LogP contribution in [0.5, 0.6) is 0 Å². The summed E-state index contributed by atoms with van der Waals surface area (Å²) >= 11 is 0. The minimum absolute atomic E-state index is 0. The van der Waals surface area contributed by atoms with E-state index in [1.165, 1.54) is 41.4 Å². The van der Waals surface area contributed by atoms with Crippen molar-refractivity contribution in [2.75, 3.05) is 27.2 Å². The van der Waals surface area contributed by atoms with Crippen LogP contribution in [-0.2, 0) is 6.42 Å². The van der Waals surface area contributed by atoms with Gasteiger partial charge in [-0.3, -0.25) is 0 Å². The molecule has 0 aromatic heterocycles. The summed E-state index contributed by atoms with van der Waals surface area (Å²) in [5.41, 5.74) is 5.00. The van der Waals surface area contributed by atoms with Crippen LogP contribution in [0.2, 0.25) is 0 Å². The van der Waals surface area contributed by atoms with Gasteiger partial charge < -0.3 is 16.9 Å². The number of quaternary nitrogens is 1. The van der Waals surface area contributed by atoms with Crippen LogP contribution >= 0.6 is 0 Å². The summed E-state index contributed by atoms with van der Waals surface area (Å²) in [6.45, 7) is 4.90. The van der Waals surface area contributed by atoms with Gasteiger partial charge in [-0.2, -0.15) is 0 Å². The Morgan fingerprint density at radius 3 is 2.62 bits per heavy atom. The van der Waals surface area contributed by atoms with Crippen molar-refractivity contribution in [2.24, 2.45) is 5.41 Å². The molecule has 1 heterocycles. The van der Waals surface area contributed by atoms with Gasteiger partial charge in [-0.05, 0) is 46.9 Å². The molecule has 1 unspecified atom stereocenters. The predicted molar refractivity (Wildman–Crippen MR) is 85.6 cm³/mol. The Morgan fingerprint density at radius 1 is 1.05 bits per heavy atom. The van der Waals surface area contributed by atoms with Gasteiger partial charge in [-0.15, -0.1) is 0 Å². The second kappa shape index (κ2) is 4.59. The highest BCUT2D eigenvalue weighted by Crippen LogP contribution is 2.46. The second-order valence-electron chi connectivity index (χ2n) is 7.52. The Morgan fingerprint density at radius 2 is 1.81 bits per heavy atom. The largest absolute Gasteiger partial charge is 1.00 e. The molecule has 1 atom stereocenters. The first kappa shape index (κ1) is 14.6. The summed E-state index contributed by atoms with van der Waals surface area (Å²) in [6, 6.07) is 13.4. The van der Waals surface area contributed by atoms with Crippen molar-refractivity contribution in [3.05, 3.63) is 53.1 Å². The lowest BCUT2D eigenvalue weighted by atomic mass is 9.73. The number of hydrogen-bond donors (Lipinski definition) is 0. The predicted octanol–water partition coefficient (Wildman–Crippen LogP) is 0.880. The summed E-state index contributed by atoms with van der Waals surface area (Å²) in [7, 11) is 4.71. The van der Waals surface area contributed by atoms with E-state index < -0.39 is 0 Å². The van der Waals surface area contributed by atoms with Gasteiger partial charge in [0.2, 0.25) is 0 Å². The average molecular weight is 300 g/mol. The van der Waals surface area contributed by atoms with Crippen LogP contribution in [0.1, 0.15) is 18.1 Å². The Hall–Kier alpha value is -1.31. The van der Waals surface area contributed by atoms with Crippen molar-refractivity contribution in [3.8, 4) is 0 Å². The summed E-state index contributed by atoms with van der Waals surface area (Å²) < 4.78 is 1.12. The van der Waals surface area contributed by atoms with Gasteiger partial charge in [0.05, 0.1) is 20.6 Å². The summed E-state index contributed by atoms with van der Waals surface area (Å²) in [5, 5.41) is 2.77. The Kier molecular flexibility index (Phi) is 3.20. The van der Waals surface area contributed by atoms with Crippen LogP contribution in [0, 0.1) is 5.41 Å². The number of rotatable bonds is 0. The Labute approximate surface area is 133 Å². The molecular formula is C19H22ClN. The van der Waals surface area contributed by atoms with Crippen molar-refractivity contribution >= 4 is 16.8 Å². The van der Waals surface area contributed by atoms with E-state index in [0.717, 1.165) is 4.48 Å². The van der Waals surface area contributed by atoms with Crippen LogP contribution < -0.4 is 12.4 Å². The standard InChI is InChI=1S/C19H22N.ClH/c1-19-11-15-9-8-14-6-4-5-7-17(14)18(15)10-16(19)12-20(2,3)13-19;/h4-10H,11-13H2,1-3H3;1H/q+1;/p-1. The van der Waals surface area contributed by atoms with Crippen molar-refractivity contribution < 1.29 is 16.9 Å². The molecule has 21 heavy (non-hydrogen) atoms. The maximum atomic E-state index is 2.49. The summed E-state index contributed by atoms with van der Waals surface area (Å²) in [6.07, 6.45) is 3.69. The zero-order valence-electron chi connectivity index (χ0n) is 13.0. The molecular weight excluding hydrogens is 278 g/mol. The van der Waals surface area contributed by atoms with E-state index in [-0.39, 0.29) is 12.4 Å². The topological polar surface area (TPSA) is 0 Å². The van der Waals surface area contributed by atoms with E-state index in [9.17, 15) is 0 Å². The first-order chi connectivity index (χ1) is 9.47. The van der Waals surface area contributed by atoms with E-state index >= 15 is 0 Å². The van der Waals surface area contributed by atoms with Crippen LogP contribution in [0.25, 0.3) is 16.8 Å². The minimum Gasteiger partial charge on any atom is -1.00 e. The van der Waals surface area contributed by atoms with Gasteiger partial charge in [-0.1, -0.05) is 36.4 Å². The van der Waals surface area contributed by atoms with Gasteiger partial charge in [0, 0.05) is 5.41 Å². The third-order valence-corrected chi connectivity index (χ3v) is 5.11. The maximum Gasteiger partial charge on any atom is 0.101 e. The number of benzene rings is 2. The van der Waals surface area contributed by atoms with E-state index in [4.69, 9.17) is 0 Å². The fourth-order valence-corrected chi connectivity index (χ4v) is 4.40. The lowest BCUT2D eigenvalue weighted by molar-refractivity contribution is -0.879. The molecule has 0 amide bonds. The van der Waals surface area contributed by atoms with Gasteiger partial charge in [0.25, 0.3) is 0 Å². The quantitative estimate of drug-likeness (QED) is 0.634. The van der Waals surface area contributed by atoms with Crippen LogP contribution in [0.15, 0.2) is 42.0 Å². The number of likely N-dealkylation sites (N-methyl/N-ethyl adjacent to an activating group) is 1. The van der Waals surface area contributed by atoms with Gasteiger partial charge >= 0.3 is 0 Å². The average Bonchev–Trinajstić information content (AvgIpc) is 2.63. The molecule has 1 fully saturated rings. The minimum atomic E-state index is 0. The molecule has 1 aliphatic heterocycles. The SMILES string of the molecule is CC12Cc3ccc4ccccc4c3C=C1C[N+](C)(C)C2.[Cl-]. The third-order valence-electron chi connectivity index (χ3n) is 5.11. The summed E-state index contributed by atoms with van der Waals surface area (Å²) in [4.78, 5) is 0. The molecule has 0 spiro atoms. The highest BCUT2D eigenvalue weighted by molar-refractivity contribution is 5.93. The molecule has 1 aliphatic carbocycles. The molecule has 1 saturated heterocycles. The second-order valence-corrected chi connectivity index (χ2v) is 7.52. The number of fused-ring (bicyclic) bond motifs is 4. The first-order valence-electron chi connectivity index (χ1n) is 7.51. The van der Waals surface area contributed by atoms with Crippen molar-refractivity contribution in [1.82, 2.24) is 0 Å². The van der Waals surface area contributed by atoms with Gasteiger partial charge in [0.1, 0.15) is 6.54 Å². The molecule has 0 N–H and O–H groups in total. The third kappa shape index (κ3) is 2.20. The molecule has 1 nitrogen and oxygen atoms in total. The first-order valence-corrected chi connectivity index (χ1v) is 7.51. The van der Waals surface area contributed by atoms with Crippen molar-refractivity contribution in [2.45, 2.75) is 13.3 Å². The van der Waals surface area contributed by atoms with E-state index in [0.29, 0.717) is 5.41 Å². The number of likely N-dealkylation sites (tertiary alicyclic amines) is 1. The lowest BCUT2D eigenvalue weighted by Crippen LogP contribution is -3.00. The monoisotopic (exact) mass is 299 g/mol. The molecule has 2 heteroatoms. The summed E-state index contributed by atoms with van der Waals surface area (Å²) in [5.74, 6) is 0. The van der Waals surface area contributed by atoms with Crippen molar-refractivity contribution in [3.63, 3.8) is 0 Å². The molecule has 4 rings (SSSR count). The maximum absolute atomic E-state index is 2.49. The number of hydrogen-bond acceptors (Lipinski definition) is 0. The molecule has 0 saturated carbocycles. The zero-order valence-corrected chi connectivity index (χ0v) is 13.7. The highest BCUT2D eigenvalue weighted by atomic mass is 35.5. The molecule has 2 aromatic carbocycles. The van der Waals surface area contributed by atoms with E-state index in [2.05, 4.69) is 63.5 Å². The molecule has 0 radical (unpaired) electrons. The van der Waals surface area contributed by atoms with Crippen LogP contribution in [-0.4, -0.2) is 31.7 Å². The molecule has 2 aliphatic rings. The van der Waals surface area contributed by atoms with E-state index in [1.807, 2.05) is 0 Å². The smallest absolute Gasteiger partial charge is 0.101 e. The van der Waals surface area contributed by atoms with Crippen LogP contribution in [0.4, 0.5) is 0 Å². The molecule has 0 bridgehead atoms. The van der Waals surface area contributed by atoms with Gasteiger partial charge in [-0.25, -0.2) is 0 Å². The number of nitrogens with zero attached hydrogens (tertiary/aromatic N) is 1. The lowest BCUT2D eigenvalue weighted by Gasteiger charge is -2.30. The molecule has 110 valence electrons. The number of halogens is 1. The fraction of sp³-hybridized carbons (Fsp3) is 0.368. The van der Waals surface area contributed by atoms with E-state index in [1.54, 1.807) is 5.57 Å². The molecule has 2 aromatic rings. The van der Waals surface area contributed by atoms with Crippen molar-refractivity contribution in [1.29, 1.82) is 0 Å². The highest BCUT2D eigenvalue weighted by Gasteiger charge is 2.46. The zero-order chi connectivity index (χ0) is 14.0.